The van der Waals surface area contributed by atoms with Crippen molar-refractivity contribution in [2.45, 2.75) is 25.4 Å². The fraction of sp³-hybridized carbons (Fsp3) is 0.304. The molecule has 2 heterocycles. The van der Waals surface area contributed by atoms with Crippen LogP contribution in [-0.2, 0) is 21.6 Å². The molecule has 0 saturated heterocycles. The van der Waals surface area contributed by atoms with Crippen LogP contribution in [0.1, 0.15) is 23.5 Å². The van der Waals surface area contributed by atoms with E-state index in [9.17, 15) is 9.18 Å². The van der Waals surface area contributed by atoms with Gasteiger partial charge in [0, 0.05) is 12.5 Å². The molecule has 0 bridgehead atoms. The van der Waals surface area contributed by atoms with Gasteiger partial charge >= 0.3 is 0 Å². The van der Waals surface area contributed by atoms with E-state index in [4.69, 9.17) is 9.47 Å². The van der Waals surface area contributed by atoms with E-state index in [0.717, 1.165) is 11.8 Å². The number of halogens is 1. The molecule has 1 saturated carbocycles. The standard InChI is InChI=1S/C23H23FN4O3/c1-15-25-12-20(19(27-15)13-30-2)31-14-23(16-6-4-3-5-7-16)10-18(23)22(29)28-21-9-8-17(24)11-26-21/h3-9,11-12,18H,10,13-14H2,1-2H3,(H,26,28,29)/t18-,23+/m0/s1/i2-1. The van der Waals surface area contributed by atoms with E-state index in [1.54, 1.807) is 20.2 Å². The third-order valence-corrected chi connectivity index (χ3v) is 5.44. The lowest BCUT2D eigenvalue weighted by atomic mass is 9.93. The summed E-state index contributed by atoms with van der Waals surface area (Å²) in [5.41, 5.74) is 1.19. The van der Waals surface area contributed by atoms with Crippen LogP contribution in [0.2, 0.25) is 0 Å². The molecule has 1 fully saturated rings. The number of benzene rings is 1. The Morgan fingerprint density at radius 3 is 2.71 bits per heavy atom. The fourth-order valence-corrected chi connectivity index (χ4v) is 3.72. The van der Waals surface area contributed by atoms with Gasteiger partial charge in [-0.2, -0.15) is 0 Å². The number of amides is 1. The van der Waals surface area contributed by atoms with Gasteiger partial charge in [0.05, 0.1) is 31.5 Å². The van der Waals surface area contributed by atoms with E-state index in [1.165, 1.54) is 12.1 Å². The second kappa shape index (κ2) is 8.77. The number of nitrogens with one attached hydrogen (secondary N) is 1. The molecular weight excluding hydrogens is 398 g/mol. The summed E-state index contributed by atoms with van der Waals surface area (Å²) < 4.78 is 24.4. The lowest BCUT2D eigenvalue weighted by Crippen LogP contribution is -2.27. The number of carbonyl (C=O) groups excluding carboxylic acids is 1. The number of nitrogens with zero attached hydrogens (tertiary/aromatic N) is 3. The zero-order valence-electron chi connectivity index (χ0n) is 17.3. The first-order valence-corrected chi connectivity index (χ1v) is 9.94. The maximum absolute atomic E-state index is 13.1. The summed E-state index contributed by atoms with van der Waals surface area (Å²) in [5, 5.41) is 2.78. The Bertz CT molecular complexity index is 1060. The van der Waals surface area contributed by atoms with Crippen LogP contribution in [0, 0.1) is 18.7 Å². The zero-order chi connectivity index (χ0) is 21.8. The third kappa shape index (κ3) is 4.54. The predicted octanol–water partition coefficient (Wildman–Crippen LogP) is 3.44. The number of carbonyl (C=O) groups is 1. The largest absolute Gasteiger partial charge is 0.489 e. The lowest BCUT2D eigenvalue weighted by Gasteiger charge is -2.20. The van der Waals surface area contributed by atoms with Crippen molar-refractivity contribution in [3.8, 4) is 5.75 Å². The molecule has 3 aromatic rings. The average Bonchev–Trinajstić information content (AvgIpc) is 3.52. The van der Waals surface area contributed by atoms with Crippen molar-refractivity contribution in [1.82, 2.24) is 15.0 Å². The molecular formula is C23H23FN4O3. The molecule has 8 heteroatoms. The number of rotatable bonds is 8. The van der Waals surface area contributed by atoms with Crippen LogP contribution in [0.5, 0.6) is 5.75 Å². The topological polar surface area (TPSA) is 86.2 Å². The van der Waals surface area contributed by atoms with Crippen molar-refractivity contribution in [1.29, 1.82) is 0 Å². The third-order valence-electron chi connectivity index (χ3n) is 5.44. The molecule has 1 amide bonds. The number of hydrogen-bond donors (Lipinski definition) is 1. The molecule has 0 radical (unpaired) electrons. The van der Waals surface area contributed by atoms with E-state index in [-0.39, 0.29) is 18.4 Å². The molecule has 4 rings (SSSR count). The minimum absolute atomic E-state index is 0.177. The molecule has 160 valence electrons. The summed E-state index contributed by atoms with van der Waals surface area (Å²) in [5.74, 6) is 0.545. The highest BCUT2D eigenvalue weighted by atomic mass is 19.1. The normalized spacial score (nSPS) is 19.6. The van der Waals surface area contributed by atoms with Crippen LogP contribution in [0.3, 0.4) is 0 Å². The molecule has 2 atom stereocenters. The SMILES string of the molecule is Cc1ncc(OC[C@@]2(c3ccccc3)C[C@H]2C(=O)Nc2ccc(F)cn2)c(CO[11CH3])n1. The van der Waals surface area contributed by atoms with Gasteiger partial charge in [-0.25, -0.2) is 19.3 Å². The Labute approximate surface area is 179 Å². The van der Waals surface area contributed by atoms with Gasteiger partial charge in [-0.1, -0.05) is 30.3 Å². The Morgan fingerprint density at radius 1 is 1.19 bits per heavy atom. The van der Waals surface area contributed by atoms with Crippen molar-refractivity contribution < 1.29 is 18.7 Å². The minimum Gasteiger partial charge on any atom is -0.489 e. The van der Waals surface area contributed by atoms with E-state index >= 15 is 0 Å². The van der Waals surface area contributed by atoms with Crippen molar-refractivity contribution in [3.05, 3.63) is 77.8 Å². The highest BCUT2D eigenvalue weighted by molar-refractivity contribution is 5.95. The van der Waals surface area contributed by atoms with Crippen molar-refractivity contribution >= 4 is 11.7 Å². The Kier molecular flexibility index (Phi) is 5.90. The van der Waals surface area contributed by atoms with Crippen molar-refractivity contribution in [3.63, 3.8) is 0 Å². The van der Waals surface area contributed by atoms with Gasteiger partial charge < -0.3 is 14.8 Å². The summed E-state index contributed by atoms with van der Waals surface area (Å²) in [4.78, 5) is 25.5. The number of aromatic nitrogens is 3. The number of methoxy groups -OCH3 is 1. The summed E-state index contributed by atoms with van der Waals surface area (Å²) in [6, 6.07) is 12.5. The second-order valence-electron chi connectivity index (χ2n) is 7.58. The van der Waals surface area contributed by atoms with Gasteiger partial charge in [0.15, 0.2) is 5.75 Å². The highest BCUT2D eigenvalue weighted by Crippen LogP contribution is 2.55. The van der Waals surface area contributed by atoms with Crippen molar-refractivity contribution in [2.24, 2.45) is 5.92 Å². The zero-order valence-corrected chi connectivity index (χ0v) is 17.3. The summed E-state index contributed by atoms with van der Waals surface area (Å²) >= 11 is 0. The maximum Gasteiger partial charge on any atom is 0.229 e. The number of ether oxygens (including phenoxy) is 2. The van der Waals surface area contributed by atoms with Gasteiger partial charge in [0.1, 0.15) is 23.2 Å². The molecule has 1 aromatic carbocycles. The minimum atomic E-state index is -0.486. The smallest absolute Gasteiger partial charge is 0.229 e. The van der Waals surface area contributed by atoms with Crippen LogP contribution in [0.25, 0.3) is 0 Å². The molecule has 2 aromatic heterocycles. The van der Waals surface area contributed by atoms with E-state index < -0.39 is 11.2 Å². The monoisotopic (exact) mass is 421 g/mol. The predicted molar refractivity (Wildman–Crippen MR) is 112 cm³/mol. The van der Waals surface area contributed by atoms with Gasteiger partial charge in [0.2, 0.25) is 5.91 Å². The molecule has 0 aliphatic heterocycles. The van der Waals surface area contributed by atoms with Crippen LogP contribution in [0.4, 0.5) is 10.2 Å². The highest BCUT2D eigenvalue weighted by Gasteiger charge is 2.60. The first-order valence-electron chi connectivity index (χ1n) is 9.94. The van der Waals surface area contributed by atoms with Gasteiger partial charge in [-0.3, -0.25) is 4.79 Å². The molecule has 1 N–H and O–H groups in total. The van der Waals surface area contributed by atoms with E-state index in [2.05, 4.69) is 20.3 Å². The number of hydrogen-bond acceptors (Lipinski definition) is 6. The maximum atomic E-state index is 13.1. The molecule has 31 heavy (non-hydrogen) atoms. The van der Waals surface area contributed by atoms with Crippen LogP contribution < -0.4 is 10.1 Å². The quantitative estimate of drug-likeness (QED) is 0.600. The molecule has 7 nitrogen and oxygen atoms in total. The summed E-state index contributed by atoms with van der Waals surface area (Å²) in [6.07, 6.45) is 3.33. The molecule has 1 aliphatic rings. The van der Waals surface area contributed by atoms with Gasteiger partial charge in [0.25, 0.3) is 0 Å². The first kappa shape index (κ1) is 20.9. The van der Waals surface area contributed by atoms with Crippen LogP contribution >= 0.6 is 0 Å². The van der Waals surface area contributed by atoms with Gasteiger partial charge in [-0.05, 0) is 31.0 Å². The Balaban J connectivity index is 1.54. The summed E-state index contributed by atoms with van der Waals surface area (Å²) in [6.45, 7) is 2.39. The number of pyridine rings is 1. The number of aryl methyl sites for hydroxylation is 1. The van der Waals surface area contributed by atoms with Crippen molar-refractivity contribution in [2.75, 3.05) is 19.0 Å². The van der Waals surface area contributed by atoms with E-state index in [1.807, 2.05) is 30.3 Å². The molecule has 0 unspecified atom stereocenters. The lowest BCUT2D eigenvalue weighted by molar-refractivity contribution is -0.117. The molecule has 1 aliphatic carbocycles. The second-order valence-corrected chi connectivity index (χ2v) is 7.58. The Hall–Kier alpha value is -3.39. The fourth-order valence-electron chi connectivity index (χ4n) is 3.72. The average molecular weight is 421 g/mol. The summed E-state index contributed by atoms with van der Waals surface area (Å²) in [7, 11) is 1.59. The van der Waals surface area contributed by atoms with Crippen LogP contribution in [0.15, 0.2) is 54.9 Å². The molecule has 0 spiro atoms. The first-order chi connectivity index (χ1) is 15.0. The van der Waals surface area contributed by atoms with Gasteiger partial charge in [-0.15, -0.1) is 0 Å². The van der Waals surface area contributed by atoms with Crippen LogP contribution in [-0.4, -0.2) is 34.6 Å². The number of anilines is 1. The van der Waals surface area contributed by atoms with E-state index in [0.29, 0.717) is 36.1 Å². The Morgan fingerprint density at radius 2 is 2.00 bits per heavy atom.